The zero-order valence-corrected chi connectivity index (χ0v) is 8.66. The third-order valence-corrected chi connectivity index (χ3v) is 1.90. The number of benzene rings is 1. The van der Waals surface area contributed by atoms with E-state index in [-0.39, 0.29) is 11.8 Å². The molecular formula is C11H15N3O. The molecule has 0 spiro atoms. The Bertz CT molecular complexity index is 348. The molecule has 0 aromatic heterocycles. The van der Waals surface area contributed by atoms with Crippen LogP contribution >= 0.6 is 0 Å². The Morgan fingerprint density at radius 1 is 1.33 bits per heavy atom. The number of rotatable bonds is 3. The average molecular weight is 205 g/mol. The van der Waals surface area contributed by atoms with E-state index in [0.29, 0.717) is 6.42 Å². The fraction of sp³-hybridized carbons (Fsp3) is 0.273. The summed E-state index contributed by atoms with van der Waals surface area (Å²) in [5.41, 5.74) is 6.81. The number of hydrogen-bond donors (Lipinski definition) is 3. The third-order valence-electron chi connectivity index (χ3n) is 1.90. The zero-order valence-electron chi connectivity index (χ0n) is 8.66. The van der Waals surface area contributed by atoms with Crippen molar-refractivity contribution >= 4 is 11.8 Å². The van der Waals surface area contributed by atoms with E-state index in [1.54, 1.807) is 0 Å². The lowest BCUT2D eigenvalue weighted by Crippen LogP contribution is -2.34. The van der Waals surface area contributed by atoms with Crippen LogP contribution in [0.4, 0.5) is 0 Å². The van der Waals surface area contributed by atoms with E-state index >= 15 is 0 Å². The summed E-state index contributed by atoms with van der Waals surface area (Å²) < 4.78 is 4.83. The van der Waals surface area contributed by atoms with Crippen molar-refractivity contribution in [2.75, 3.05) is 0 Å². The second-order valence-corrected chi connectivity index (χ2v) is 3.32. The van der Waals surface area contributed by atoms with Crippen LogP contribution in [0.1, 0.15) is 12.5 Å². The van der Waals surface area contributed by atoms with Gasteiger partial charge in [-0.05, 0) is 12.0 Å². The van der Waals surface area contributed by atoms with E-state index in [1.165, 1.54) is 6.92 Å². The summed E-state index contributed by atoms with van der Waals surface area (Å²) in [6.07, 6.45) is 0.549. The number of nitrogens with one attached hydrogen (secondary N) is 2. The van der Waals surface area contributed by atoms with E-state index < -0.39 is 6.04 Å². The molecule has 4 nitrogen and oxygen atoms in total. The first kappa shape index (κ1) is 11.4. The quantitative estimate of drug-likeness (QED) is 0.516. The van der Waals surface area contributed by atoms with Crippen LogP contribution in [0.3, 0.4) is 0 Å². The predicted octanol–water partition coefficient (Wildman–Crippen LogP) is 1.55. The molecule has 1 atom stereocenters. The Morgan fingerprint density at radius 2 is 1.93 bits per heavy atom. The van der Waals surface area contributed by atoms with Crippen molar-refractivity contribution in [3.63, 3.8) is 0 Å². The minimum absolute atomic E-state index is 0.0106. The summed E-state index contributed by atoms with van der Waals surface area (Å²) in [6, 6.07) is 9.18. The van der Waals surface area contributed by atoms with Crippen molar-refractivity contribution in [3.05, 3.63) is 35.9 Å². The summed E-state index contributed by atoms with van der Waals surface area (Å²) in [7, 11) is 0. The largest absolute Gasteiger partial charge is 0.428 e. The highest BCUT2D eigenvalue weighted by molar-refractivity contribution is 5.90. The summed E-state index contributed by atoms with van der Waals surface area (Å²) in [6.45, 7) is 1.48. The topological polar surface area (TPSA) is 83.0 Å². The van der Waals surface area contributed by atoms with Crippen LogP contribution in [-0.4, -0.2) is 17.8 Å². The summed E-state index contributed by atoms with van der Waals surface area (Å²) in [4.78, 5) is 0. The van der Waals surface area contributed by atoms with Gasteiger partial charge >= 0.3 is 0 Å². The predicted molar refractivity (Wildman–Crippen MR) is 60.3 cm³/mol. The molecule has 80 valence electrons. The van der Waals surface area contributed by atoms with Gasteiger partial charge in [-0.2, -0.15) is 0 Å². The highest BCUT2D eigenvalue weighted by Gasteiger charge is 2.12. The number of hydrogen-bond acceptors (Lipinski definition) is 4. The maximum Gasteiger partial charge on any atom is 0.206 e. The molecule has 0 fully saturated rings. The van der Waals surface area contributed by atoms with Gasteiger partial charge in [0.15, 0.2) is 5.90 Å². The Labute approximate surface area is 89.1 Å². The molecule has 15 heavy (non-hydrogen) atoms. The van der Waals surface area contributed by atoms with Gasteiger partial charge in [0.25, 0.3) is 0 Å². The first-order valence-electron chi connectivity index (χ1n) is 4.70. The molecule has 4 N–H and O–H groups in total. The van der Waals surface area contributed by atoms with E-state index in [2.05, 4.69) is 0 Å². The van der Waals surface area contributed by atoms with Crippen molar-refractivity contribution in [2.24, 2.45) is 5.73 Å². The van der Waals surface area contributed by atoms with Crippen molar-refractivity contribution in [3.8, 4) is 0 Å². The van der Waals surface area contributed by atoms with Gasteiger partial charge in [-0.15, -0.1) is 0 Å². The maximum absolute atomic E-state index is 7.49. The molecule has 0 saturated carbocycles. The minimum atomic E-state index is -0.493. The molecule has 1 aromatic carbocycles. The Kier molecular flexibility index (Phi) is 4.00. The summed E-state index contributed by atoms with van der Waals surface area (Å²) >= 11 is 0. The number of ether oxygens (including phenoxy) is 1. The lowest BCUT2D eigenvalue weighted by molar-refractivity contribution is 0.494. The fourth-order valence-corrected chi connectivity index (χ4v) is 1.20. The van der Waals surface area contributed by atoms with E-state index in [9.17, 15) is 0 Å². The van der Waals surface area contributed by atoms with Crippen LogP contribution in [0.5, 0.6) is 0 Å². The van der Waals surface area contributed by atoms with Crippen LogP contribution in [-0.2, 0) is 11.2 Å². The molecular weight excluding hydrogens is 190 g/mol. The second-order valence-electron chi connectivity index (χ2n) is 3.32. The normalized spacial score (nSPS) is 11.9. The number of nitrogens with two attached hydrogens (primary N) is 1. The fourth-order valence-electron chi connectivity index (χ4n) is 1.20. The van der Waals surface area contributed by atoms with Crippen molar-refractivity contribution in [2.45, 2.75) is 19.4 Å². The molecule has 4 heteroatoms. The van der Waals surface area contributed by atoms with Gasteiger partial charge < -0.3 is 10.5 Å². The Balaban J connectivity index is 2.52. The highest BCUT2D eigenvalue weighted by Crippen LogP contribution is 2.03. The second kappa shape index (κ2) is 5.26. The molecule has 0 radical (unpaired) electrons. The van der Waals surface area contributed by atoms with Gasteiger partial charge in [0.2, 0.25) is 5.90 Å². The monoisotopic (exact) mass is 205 g/mol. The zero-order chi connectivity index (χ0) is 11.3. The van der Waals surface area contributed by atoms with Gasteiger partial charge in [-0.1, -0.05) is 30.3 Å². The molecule has 0 heterocycles. The molecule has 0 bridgehead atoms. The van der Waals surface area contributed by atoms with E-state index in [1.807, 2.05) is 30.3 Å². The van der Waals surface area contributed by atoms with E-state index in [4.69, 9.17) is 21.3 Å². The van der Waals surface area contributed by atoms with Crippen LogP contribution in [0, 0.1) is 10.8 Å². The summed E-state index contributed by atoms with van der Waals surface area (Å²) in [5, 5.41) is 14.6. The van der Waals surface area contributed by atoms with Crippen LogP contribution in [0.2, 0.25) is 0 Å². The van der Waals surface area contributed by atoms with Gasteiger partial charge in [0.05, 0.1) is 6.04 Å². The van der Waals surface area contributed by atoms with Gasteiger partial charge in [-0.25, -0.2) is 0 Å². The SMILES string of the molecule is CC(=N)OC(=N)[C@@H](N)Cc1ccccc1. The Hall–Kier alpha value is -1.68. The smallest absolute Gasteiger partial charge is 0.206 e. The average Bonchev–Trinajstić information content (AvgIpc) is 2.18. The molecule has 0 amide bonds. The molecule has 1 rings (SSSR count). The highest BCUT2D eigenvalue weighted by atomic mass is 16.5. The first-order valence-corrected chi connectivity index (χ1v) is 4.70. The van der Waals surface area contributed by atoms with Gasteiger partial charge in [0.1, 0.15) is 0 Å². The van der Waals surface area contributed by atoms with Crippen molar-refractivity contribution in [1.29, 1.82) is 10.8 Å². The van der Waals surface area contributed by atoms with E-state index in [0.717, 1.165) is 5.56 Å². The van der Waals surface area contributed by atoms with Crippen LogP contribution < -0.4 is 5.73 Å². The first-order chi connectivity index (χ1) is 7.09. The van der Waals surface area contributed by atoms with Crippen LogP contribution in [0.15, 0.2) is 30.3 Å². The van der Waals surface area contributed by atoms with Gasteiger partial charge in [0, 0.05) is 6.92 Å². The van der Waals surface area contributed by atoms with Crippen LogP contribution in [0.25, 0.3) is 0 Å². The molecule has 0 saturated heterocycles. The molecule has 0 unspecified atom stereocenters. The lowest BCUT2D eigenvalue weighted by atomic mass is 10.1. The Morgan fingerprint density at radius 3 is 2.47 bits per heavy atom. The van der Waals surface area contributed by atoms with Crippen molar-refractivity contribution in [1.82, 2.24) is 0 Å². The van der Waals surface area contributed by atoms with Gasteiger partial charge in [-0.3, -0.25) is 10.8 Å². The molecule has 1 aromatic rings. The summed E-state index contributed by atoms with van der Waals surface area (Å²) in [5.74, 6) is -0.0742. The standard InChI is InChI=1S/C11H15N3O/c1-8(12)15-11(14)10(13)7-9-5-3-2-4-6-9/h2-6,10,12,14H,7,13H2,1H3/t10-/m0/s1. The lowest BCUT2D eigenvalue weighted by Gasteiger charge is -2.12. The van der Waals surface area contributed by atoms with Crippen molar-refractivity contribution < 1.29 is 4.74 Å². The maximum atomic E-state index is 7.49. The molecule has 0 aliphatic rings. The molecule has 0 aliphatic heterocycles. The minimum Gasteiger partial charge on any atom is -0.428 e. The third kappa shape index (κ3) is 3.91. The molecule has 0 aliphatic carbocycles.